The maximum absolute atomic E-state index is 9.02. The highest BCUT2D eigenvalue weighted by Gasteiger charge is 2.33. The van der Waals surface area contributed by atoms with Crippen LogP contribution in [0.2, 0.25) is 0 Å². The van der Waals surface area contributed by atoms with Crippen molar-refractivity contribution in [1.29, 1.82) is 5.26 Å². The first kappa shape index (κ1) is 11.0. The summed E-state index contributed by atoms with van der Waals surface area (Å²) in [5, 5.41) is 9.02. The Morgan fingerprint density at radius 1 is 1.43 bits per heavy atom. The van der Waals surface area contributed by atoms with Crippen molar-refractivity contribution in [2.45, 2.75) is 11.8 Å². The van der Waals surface area contributed by atoms with Gasteiger partial charge in [0.15, 0.2) is 4.87 Å². The van der Waals surface area contributed by atoms with E-state index in [4.69, 9.17) is 28.6 Å². The molecule has 14 heavy (non-hydrogen) atoms. The van der Waals surface area contributed by atoms with Gasteiger partial charge in [0, 0.05) is 11.8 Å². The molecule has 72 valence electrons. The maximum atomic E-state index is 9.02. The summed E-state index contributed by atoms with van der Waals surface area (Å²) in [7, 11) is 0. The molecule has 0 aliphatic heterocycles. The average molecular weight is 227 g/mol. The first-order valence-corrected chi connectivity index (χ1v) is 4.68. The molecule has 1 aromatic carbocycles. The minimum atomic E-state index is -1.26. The molecule has 0 aromatic heterocycles. The second-order valence-corrected chi connectivity index (χ2v) is 3.54. The van der Waals surface area contributed by atoms with Crippen molar-refractivity contribution >= 4 is 29.1 Å². The minimum absolute atomic E-state index is 0.370. The van der Waals surface area contributed by atoms with Gasteiger partial charge in [-0.05, 0) is 12.5 Å². The third-order valence-electron chi connectivity index (χ3n) is 1.95. The largest absolute Gasteiger partial charge is 0.196 e. The number of alkyl halides is 1. The van der Waals surface area contributed by atoms with Gasteiger partial charge < -0.3 is 0 Å². The zero-order valence-corrected chi connectivity index (χ0v) is 9.05. The molecule has 0 heterocycles. The number of hydrogen-bond acceptors (Lipinski definition) is 2. The first-order valence-electron chi connectivity index (χ1n) is 3.97. The standard InChI is InChI=1S/C10H8Cl2N2/c1-8(14-12)10(11,7-13)9-5-3-2-4-6-9/h2-6H,1H3/b14-8+. The summed E-state index contributed by atoms with van der Waals surface area (Å²) >= 11 is 11.4. The van der Waals surface area contributed by atoms with Gasteiger partial charge >= 0.3 is 0 Å². The molecule has 0 radical (unpaired) electrons. The number of hydrogen-bond donors (Lipinski definition) is 0. The van der Waals surface area contributed by atoms with Crippen LogP contribution < -0.4 is 0 Å². The van der Waals surface area contributed by atoms with Crippen LogP contribution >= 0.6 is 23.4 Å². The fourth-order valence-electron chi connectivity index (χ4n) is 1.08. The normalized spacial score (nSPS) is 15.7. The molecule has 0 amide bonds. The molecule has 1 unspecified atom stereocenters. The van der Waals surface area contributed by atoms with Crippen molar-refractivity contribution in [3.8, 4) is 6.07 Å². The van der Waals surface area contributed by atoms with Crippen LogP contribution in [0.15, 0.2) is 34.8 Å². The van der Waals surface area contributed by atoms with Gasteiger partial charge in [0.25, 0.3) is 0 Å². The van der Waals surface area contributed by atoms with Gasteiger partial charge in [0.05, 0.1) is 11.8 Å². The second kappa shape index (κ2) is 4.45. The summed E-state index contributed by atoms with van der Waals surface area (Å²) in [6, 6.07) is 11.0. The van der Waals surface area contributed by atoms with Gasteiger partial charge in [-0.25, -0.2) is 0 Å². The topological polar surface area (TPSA) is 36.1 Å². The molecular formula is C10H8Cl2N2. The van der Waals surface area contributed by atoms with E-state index in [0.29, 0.717) is 11.3 Å². The Kier molecular flexibility index (Phi) is 3.51. The van der Waals surface area contributed by atoms with Crippen LogP contribution in [0.4, 0.5) is 0 Å². The van der Waals surface area contributed by atoms with E-state index in [2.05, 4.69) is 4.51 Å². The molecule has 4 heteroatoms. The highest BCUT2D eigenvalue weighted by Crippen LogP contribution is 2.30. The number of halogens is 2. The zero-order valence-electron chi connectivity index (χ0n) is 7.54. The van der Waals surface area contributed by atoms with Crippen molar-refractivity contribution < 1.29 is 0 Å². The van der Waals surface area contributed by atoms with E-state index in [0.717, 1.165) is 0 Å². The van der Waals surface area contributed by atoms with Gasteiger partial charge in [-0.3, -0.25) is 0 Å². The van der Waals surface area contributed by atoms with Crippen molar-refractivity contribution in [3.63, 3.8) is 0 Å². The molecule has 0 fully saturated rings. The highest BCUT2D eigenvalue weighted by atomic mass is 35.5. The molecule has 0 aliphatic rings. The molecule has 0 spiro atoms. The van der Waals surface area contributed by atoms with Crippen molar-refractivity contribution in [3.05, 3.63) is 35.9 Å². The molecule has 1 rings (SSSR count). The average Bonchev–Trinajstić information content (AvgIpc) is 2.28. The smallest absolute Gasteiger partial charge is 0.194 e. The van der Waals surface area contributed by atoms with Crippen LogP contribution in [0.25, 0.3) is 0 Å². The van der Waals surface area contributed by atoms with E-state index in [1.807, 2.05) is 24.3 Å². The summed E-state index contributed by atoms with van der Waals surface area (Å²) in [4.78, 5) is -1.26. The van der Waals surface area contributed by atoms with E-state index in [-0.39, 0.29) is 0 Å². The third kappa shape index (κ3) is 1.89. The summed E-state index contributed by atoms with van der Waals surface area (Å²) in [5.74, 6) is 0. The summed E-state index contributed by atoms with van der Waals surface area (Å²) < 4.78 is 3.44. The molecule has 1 aromatic rings. The van der Waals surface area contributed by atoms with Crippen LogP contribution in [0.5, 0.6) is 0 Å². The SMILES string of the molecule is C/C(=N\Cl)C(Cl)(C#N)c1ccccc1. The summed E-state index contributed by atoms with van der Waals surface area (Å²) in [5.41, 5.74) is 1.04. The molecular weight excluding hydrogens is 219 g/mol. The Balaban J connectivity index is 3.24. The Bertz CT molecular complexity index is 381. The Morgan fingerprint density at radius 2 is 2.00 bits per heavy atom. The van der Waals surface area contributed by atoms with Gasteiger partial charge in [0.1, 0.15) is 0 Å². The fourth-order valence-corrected chi connectivity index (χ4v) is 1.42. The Labute approximate surface area is 92.9 Å². The van der Waals surface area contributed by atoms with Crippen molar-refractivity contribution in [2.75, 3.05) is 0 Å². The van der Waals surface area contributed by atoms with Gasteiger partial charge in [-0.1, -0.05) is 41.9 Å². The molecule has 1 atom stereocenters. The van der Waals surface area contributed by atoms with Crippen LogP contribution in [0.1, 0.15) is 12.5 Å². The number of rotatable bonds is 2. The number of benzene rings is 1. The van der Waals surface area contributed by atoms with Crippen LogP contribution in [0, 0.1) is 11.3 Å². The van der Waals surface area contributed by atoms with Crippen LogP contribution in [-0.2, 0) is 4.87 Å². The van der Waals surface area contributed by atoms with E-state index >= 15 is 0 Å². The van der Waals surface area contributed by atoms with Crippen LogP contribution in [-0.4, -0.2) is 5.71 Å². The van der Waals surface area contributed by atoms with Gasteiger partial charge in [-0.15, -0.1) is 0 Å². The molecule has 0 saturated carbocycles. The van der Waals surface area contributed by atoms with Gasteiger partial charge in [0.2, 0.25) is 0 Å². The quantitative estimate of drug-likeness (QED) is 0.564. The van der Waals surface area contributed by atoms with Crippen molar-refractivity contribution in [2.24, 2.45) is 4.51 Å². The molecule has 0 bridgehead atoms. The molecule has 2 nitrogen and oxygen atoms in total. The maximum Gasteiger partial charge on any atom is 0.194 e. The first-order chi connectivity index (χ1) is 6.65. The molecule has 0 saturated heterocycles. The Morgan fingerprint density at radius 3 is 2.43 bits per heavy atom. The van der Waals surface area contributed by atoms with E-state index in [1.54, 1.807) is 19.1 Å². The monoisotopic (exact) mass is 226 g/mol. The van der Waals surface area contributed by atoms with E-state index < -0.39 is 4.87 Å². The van der Waals surface area contributed by atoms with Crippen LogP contribution in [0.3, 0.4) is 0 Å². The lowest BCUT2D eigenvalue weighted by molar-refractivity contribution is 1.04. The minimum Gasteiger partial charge on any atom is -0.196 e. The highest BCUT2D eigenvalue weighted by molar-refractivity contribution is 6.39. The van der Waals surface area contributed by atoms with Crippen molar-refractivity contribution in [1.82, 2.24) is 0 Å². The lowest BCUT2D eigenvalue weighted by Crippen LogP contribution is -2.25. The predicted octanol–water partition coefficient (Wildman–Crippen LogP) is 3.26. The lowest BCUT2D eigenvalue weighted by atomic mass is 9.95. The number of nitrogens with zero attached hydrogens (tertiary/aromatic N) is 2. The second-order valence-electron chi connectivity index (χ2n) is 2.81. The number of nitriles is 1. The summed E-state index contributed by atoms with van der Waals surface area (Å²) in [6.07, 6.45) is 0. The molecule has 0 N–H and O–H groups in total. The third-order valence-corrected chi connectivity index (χ3v) is 2.78. The summed E-state index contributed by atoms with van der Waals surface area (Å²) in [6.45, 7) is 1.62. The zero-order chi connectivity index (χ0) is 10.6. The predicted molar refractivity (Wildman–Crippen MR) is 58.5 cm³/mol. The fraction of sp³-hybridized carbons (Fsp3) is 0.200. The van der Waals surface area contributed by atoms with E-state index in [9.17, 15) is 0 Å². The van der Waals surface area contributed by atoms with E-state index in [1.165, 1.54) is 0 Å². The van der Waals surface area contributed by atoms with Gasteiger partial charge in [-0.2, -0.15) is 9.77 Å². The molecule has 0 aliphatic carbocycles. The Hall–Kier alpha value is -1.04. The lowest BCUT2D eigenvalue weighted by Gasteiger charge is -2.17.